The van der Waals surface area contributed by atoms with Gasteiger partial charge in [-0.2, -0.15) is 0 Å². The second-order valence-corrected chi connectivity index (χ2v) is 8.58. The number of carbonyl (C=O) groups excluding carboxylic acids is 1. The molecule has 0 atom stereocenters. The second-order valence-electron chi connectivity index (χ2n) is 7.20. The fourth-order valence-corrected chi connectivity index (χ4v) is 4.21. The number of aryl methyl sites for hydroxylation is 2. The summed E-state index contributed by atoms with van der Waals surface area (Å²) in [5.74, 6) is 0.829. The summed E-state index contributed by atoms with van der Waals surface area (Å²) < 4.78 is 1.94. The van der Waals surface area contributed by atoms with Crippen molar-refractivity contribution in [2.45, 2.75) is 19.0 Å². The molecular formula is C24H21ClN4OS. The molecule has 7 heteroatoms. The number of amides is 1. The van der Waals surface area contributed by atoms with Crippen molar-refractivity contribution in [3.05, 3.63) is 88.9 Å². The van der Waals surface area contributed by atoms with Crippen LogP contribution in [-0.2, 0) is 4.79 Å². The molecule has 0 saturated carbocycles. The Morgan fingerprint density at radius 3 is 2.32 bits per heavy atom. The van der Waals surface area contributed by atoms with Crippen LogP contribution in [0.4, 0.5) is 5.69 Å². The van der Waals surface area contributed by atoms with E-state index >= 15 is 0 Å². The Hall–Kier alpha value is -3.09. The van der Waals surface area contributed by atoms with Crippen LogP contribution in [0.15, 0.2) is 78.0 Å². The highest BCUT2D eigenvalue weighted by Gasteiger charge is 2.17. The molecule has 1 heterocycles. The Balaban J connectivity index is 1.58. The van der Waals surface area contributed by atoms with Crippen molar-refractivity contribution >= 4 is 35.0 Å². The largest absolute Gasteiger partial charge is 0.325 e. The number of nitrogens with one attached hydrogen (secondary N) is 1. The lowest BCUT2D eigenvalue weighted by atomic mass is 10.1. The number of rotatable bonds is 6. The summed E-state index contributed by atoms with van der Waals surface area (Å²) in [6.07, 6.45) is 0. The highest BCUT2D eigenvalue weighted by atomic mass is 35.5. The van der Waals surface area contributed by atoms with E-state index in [1.165, 1.54) is 11.8 Å². The first kappa shape index (κ1) is 21.2. The predicted molar refractivity (Wildman–Crippen MR) is 127 cm³/mol. The quantitative estimate of drug-likeness (QED) is 0.371. The average molecular weight is 449 g/mol. The van der Waals surface area contributed by atoms with Crippen molar-refractivity contribution in [3.63, 3.8) is 0 Å². The molecule has 0 radical (unpaired) electrons. The lowest BCUT2D eigenvalue weighted by Gasteiger charge is -2.11. The minimum Gasteiger partial charge on any atom is -0.325 e. The van der Waals surface area contributed by atoms with E-state index in [4.69, 9.17) is 11.6 Å². The molecule has 0 aliphatic rings. The zero-order chi connectivity index (χ0) is 21.8. The van der Waals surface area contributed by atoms with Crippen molar-refractivity contribution in [1.82, 2.24) is 14.8 Å². The molecule has 1 N–H and O–H groups in total. The van der Waals surface area contributed by atoms with Gasteiger partial charge in [0.25, 0.3) is 0 Å². The molecule has 4 aromatic rings. The number of nitrogens with zero attached hydrogens (tertiary/aromatic N) is 3. The molecule has 0 spiro atoms. The van der Waals surface area contributed by atoms with Gasteiger partial charge in [-0.25, -0.2) is 0 Å². The topological polar surface area (TPSA) is 59.8 Å². The fraction of sp³-hybridized carbons (Fsp3) is 0.125. The van der Waals surface area contributed by atoms with Gasteiger partial charge in [0.2, 0.25) is 5.91 Å². The van der Waals surface area contributed by atoms with E-state index in [0.29, 0.717) is 16.0 Å². The van der Waals surface area contributed by atoms with Gasteiger partial charge in [0.05, 0.1) is 5.75 Å². The van der Waals surface area contributed by atoms with Crippen LogP contribution in [0.1, 0.15) is 11.1 Å². The normalized spacial score (nSPS) is 10.8. The Morgan fingerprint density at radius 1 is 0.968 bits per heavy atom. The summed E-state index contributed by atoms with van der Waals surface area (Å²) in [5.41, 5.74) is 4.84. The van der Waals surface area contributed by atoms with Crippen LogP contribution in [-0.4, -0.2) is 26.4 Å². The van der Waals surface area contributed by atoms with Gasteiger partial charge in [0, 0.05) is 22.0 Å². The average Bonchev–Trinajstić information content (AvgIpc) is 3.17. The zero-order valence-corrected chi connectivity index (χ0v) is 18.7. The first-order valence-electron chi connectivity index (χ1n) is 9.77. The third-order valence-electron chi connectivity index (χ3n) is 4.59. The van der Waals surface area contributed by atoms with Crippen LogP contribution < -0.4 is 5.32 Å². The third-order valence-corrected chi connectivity index (χ3v) is 5.77. The number of hydrogen-bond donors (Lipinski definition) is 1. The molecular weight excluding hydrogens is 428 g/mol. The third kappa shape index (κ3) is 5.16. The van der Waals surface area contributed by atoms with Crippen molar-refractivity contribution in [3.8, 4) is 17.1 Å². The van der Waals surface area contributed by atoms with Gasteiger partial charge in [0.1, 0.15) is 0 Å². The Kier molecular flexibility index (Phi) is 6.39. The van der Waals surface area contributed by atoms with Crippen molar-refractivity contribution in [2.24, 2.45) is 0 Å². The minimum atomic E-state index is -0.0954. The summed E-state index contributed by atoms with van der Waals surface area (Å²) in [6.45, 7) is 4.02. The second kappa shape index (κ2) is 9.37. The van der Waals surface area contributed by atoms with Crippen LogP contribution >= 0.6 is 23.4 Å². The summed E-state index contributed by atoms with van der Waals surface area (Å²) in [6, 6.07) is 23.3. The molecule has 1 amide bonds. The van der Waals surface area contributed by atoms with E-state index in [9.17, 15) is 4.79 Å². The summed E-state index contributed by atoms with van der Waals surface area (Å²) >= 11 is 7.41. The molecule has 0 saturated heterocycles. The molecule has 3 aromatic carbocycles. The van der Waals surface area contributed by atoms with Crippen molar-refractivity contribution < 1.29 is 4.79 Å². The SMILES string of the molecule is Cc1cc(C)cc(NC(=O)CSc2nnc(-c3ccccc3)n2-c2ccc(Cl)cc2)c1. The predicted octanol–water partition coefficient (Wildman–Crippen LogP) is 5.94. The summed E-state index contributed by atoms with van der Waals surface area (Å²) in [4.78, 5) is 12.6. The molecule has 4 rings (SSSR count). The number of benzene rings is 3. The van der Waals surface area contributed by atoms with E-state index in [0.717, 1.165) is 28.1 Å². The van der Waals surface area contributed by atoms with E-state index in [1.54, 1.807) is 0 Å². The van der Waals surface area contributed by atoms with E-state index in [-0.39, 0.29) is 11.7 Å². The van der Waals surface area contributed by atoms with Gasteiger partial charge in [0.15, 0.2) is 11.0 Å². The molecule has 0 aliphatic heterocycles. The van der Waals surface area contributed by atoms with Crippen LogP contribution in [0.3, 0.4) is 0 Å². The number of carbonyl (C=O) groups is 1. The molecule has 156 valence electrons. The van der Waals surface area contributed by atoms with E-state index in [1.807, 2.05) is 85.1 Å². The molecule has 31 heavy (non-hydrogen) atoms. The Bertz CT molecular complexity index is 1190. The van der Waals surface area contributed by atoms with Crippen molar-refractivity contribution in [1.29, 1.82) is 0 Å². The van der Waals surface area contributed by atoms with Gasteiger partial charge < -0.3 is 5.32 Å². The lowest BCUT2D eigenvalue weighted by Crippen LogP contribution is -2.14. The zero-order valence-electron chi connectivity index (χ0n) is 17.2. The Morgan fingerprint density at radius 2 is 1.65 bits per heavy atom. The molecule has 0 aliphatic carbocycles. The van der Waals surface area contributed by atoms with Crippen LogP contribution in [0.25, 0.3) is 17.1 Å². The molecule has 5 nitrogen and oxygen atoms in total. The van der Waals surface area contributed by atoms with Gasteiger partial charge in [-0.15, -0.1) is 10.2 Å². The van der Waals surface area contributed by atoms with Gasteiger partial charge >= 0.3 is 0 Å². The monoisotopic (exact) mass is 448 g/mol. The number of halogens is 1. The smallest absolute Gasteiger partial charge is 0.234 e. The van der Waals surface area contributed by atoms with Crippen LogP contribution in [0, 0.1) is 13.8 Å². The number of hydrogen-bond acceptors (Lipinski definition) is 4. The Labute approximate surface area is 190 Å². The molecule has 0 unspecified atom stereocenters. The maximum atomic E-state index is 12.6. The first-order valence-corrected chi connectivity index (χ1v) is 11.1. The maximum Gasteiger partial charge on any atom is 0.234 e. The standard InChI is InChI=1S/C24H21ClN4OS/c1-16-12-17(2)14-20(13-16)26-22(30)15-31-24-28-27-23(18-6-4-3-5-7-18)29(24)21-10-8-19(25)9-11-21/h3-14H,15H2,1-2H3,(H,26,30). The lowest BCUT2D eigenvalue weighted by molar-refractivity contribution is -0.113. The first-order chi connectivity index (χ1) is 15.0. The van der Waals surface area contributed by atoms with Gasteiger partial charge in [-0.05, 0) is 61.4 Å². The molecule has 1 aromatic heterocycles. The minimum absolute atomic E-state index is 0.0954. The fourth-order valence-electron chi connectivity index (χ4n) is 3.33. The highest BCUT2D eigenvalue weighted by Crippen LogP contribution is 2.28. The van der Waals surface area contributed by atoms with Gasteiger partial charge in [-0.1, -0.05) is 59.8 Å². The van der Waals surface area contributed by atoms with E-state index < -0.39 is 0 Å². The summed E-state index contributed by atoms with van der Waals surface area (Å²) in [5, 5.41) is 13.0. The number of anilines is 1. The van der Waals surface area contributed by atoms with E-state index in [2.05, 4.69) is 21.6 Å². The molecule has 0 fully saturated rings. The summed E-state index contributed by atoms with van der Waals surface area (Å²) in [7, 11) is 0. The van der Waals surface area contributed by atoms with Crippen LogP contribution in [0.5, 0.6) is 0 Å². The van der Waals surface area contributed by atoms with Crippen molar-refractivity contribution in [2.75, 3.05) is 11.1 Å². The van der Waals surface area contributed by atoms with Crippen LogP contribution in [0.2, 0.25) is 5.02 Å². The molecule has 0 bridgehead atoms. The number of aromatic nitrogens is 3. The van der Waals surface area contributed by atoms with Gasteiger partial charge in [-0.3, -0.25) is 9.36 Å². The highest BCUT2D eigenvalue weighted by molar-refractivity contribution is 7.99. The number of thioether (sulfide) groups is 1. The maximum absolute atomic E-state index is 12.6.